The van der Waals surface area contributed by atoms with Gasteiger partial charge in [0.05, 0.1) is 14.7 Å². The van der Waals surface area contributed by atoms with Gasteiger partial charge in [0.1, 0.15) is 5.70 Å². The highest BCUT2D eigenvalue weighted by Gasteiger charge is 2.39. The van der Waals surface area contributed by atoms with Gasteiger partial charge in [-0.1, -0.05) is 55.7 Å². The van der Waals surface area contributed by atoms with Crippen molar-refractivity contribution in [2.75, 3.05) is 6.54 Å². The summed E-state index contributed by atoms with van der Waals surface area (Å²) in [5.41, 5.74) is 1.48. The molecule has 0 spiro atoms. The van der Waals surface area contributed by atoms with Crippen molar-refractivity contribution in [3.63, 3.8) is 0 Å². The van der Waals surface area contributed by atoms with Gasteiger partial charge in [0.15, 0.2) is 0 Å². The highest BCUT2D eigenvalue weighted by molar-refractivity contribution is 6.81. The van der Waals surface area contributed by atoms with Crippen LogP contribution in [0.1, 0.15) is 12.5 Å². The first-order chi connectivity index (χ1) is 9.63. The fourth-order valence-electron chi connectivity index (χ4n) is 1.76. The number of nitrogens with zero attached hydrogens (tertiary/aromatic N) is 1. The Morgan fingerprint density at radius 2 is 1.76 bits per heavy atom. The van der Waals surface area contributed by atoms with Gasteiger partial charge in [0, 0.05) is 6.54 Å². The number of benzene rings is 1. The third-order valence-electron chi connectivity index (χ3n) is 2.65. The highest BCUT2D eigenvalue weighted by Crippen LogP contribution is 2.30. The molecule has 0 aliphatic heterocycles. The van der Waals surface area contributed by atoms with Crippen LogP contribution in [-0.2, 0) is 11.4 Å². The molecular formula is C15H22F3NOSi. The molecule has 0 N–H and O–H groups in total. The fourth-order valence-corrected chi connectivity index (χ4v) is 2.89. The van der Waals surface area contributed by atoms with Crippen molar-refractivity contribution in [2.24, 2.45) is 0 Å². The van der Waals surface area contributed by atoms with Gasteiger partial charge in [-0.2, -0.15) is 13.2 Å². The lowest BCUT2D eigenvalue weighted by Gasteiger charge is -2.28. The van der Waals surface area contributed by atoms with E-state index < -0.39 is 19.9 Å². The number of halogens is 3. The normalized spacial score (nSPS) is 13.4. The van der Waals surface area contributed by atoms with Gasteiger partial charge in [-0.3, -0.25) is 4.84 Å². The quantitative estimate of drug-likeness (QED) is 0.554. The molecule has 6 heteroatoms. The summed E-state index contributed by atoms with van der Waals surface area (Å²) >= 11 is 0. The first-order valence-corrected chi connectivity index (χ1v) is 10.5. The molecule has 0 amide bonds. The molecule has 0 heterocycles. The van der Waals surface area contributed by atoms with Crippen LogP contribution in [0, 0.1) is 0 Å². The molecule has 0 radical (unpaired) electrons. The van der Waals surface area contributed by atoms with E-state index in [1.807, 2.05) is 50.0 Å². The van der Waals surface area contributed by atoms with Crippen LogP contribution in [0.3, 0.4) is 0 Å². The van der Waals surface area contributed by atoms with E-state index >= 15 is 0 Å². The van der Waals surface area contributed by atoms with E-state index in [9.17, 15) is 13.2 Å². The summed E-state index contributed by atoms with van der Waals surface area (Å²) < 4.78 is 39.7. The van der Waals surface area contributed by atoms with Crippen LogP contribution in [0.25, 0.3) is 0 Å². The van der Waals surface area contributed by atoms with Gasteiger partial charge in [-0.25, -0.2) is 5.06 Å². The number of rotatable bonds is 6. The Hall–Kier alpha value is -1.27. The molecule has 0 atom stereocenters. The van der Waals surface area contributed by atoms with Gasteiger partial charge in [-0.05, 0) is 12.5 Å². The minimum absolute atomic E-state index is 0.119. The summed E-state index contributed by atoms with van der Waals surface area (Å²) in [5, 5.41) is 0.950. The fraction of sp³-hybridized carbons (Fsp3) is 0.467. The Morgan fingerprint density at radius 1 is 1.19 bits per heavy atom. The lowest BCUT2D eigenvalue weighted by Crippen LogP contribution is -2.34. The molecule has 0 aliphatic rings. The SMILES string of the molecule is CCN(OCc1ccccc1)/C(=C/[Si](C)(C)C)C(F)(F)F. The summed E-state index contributed by atoms with van der Waals surface area (Å²) in [6, 6.07) is 9.16. The molecule has 0 saturated heterocycles. The number of alkyl halides is 3. The van der Waals surface area contributed by atoms with Gasteiger partial charge < -0.3 is 0 Å². The van der Waals surface area contributed by atoms with Gasteiger partial charge >= 0.3 is 6.18 Å². The molecule has 2 nitrogen and oxygen atoms in total. The smallest absolute Gasteiger partial charge is 0.269 e. The predicted molar refractivity (Wildman–Crippen MR) is 81.1 cm³/mol. The Balaban J connectivity index is 2.90. The molecule has 21 heavy (non-hydrogen) atoms. The van der Waals surface area contributed by atoms with Gasteiger partial charge in [-0.15, -0.1) is 0 Å². The minimum Gasteiger partial charge on any atom is -0.269 e. The number of allylic oxidation sites excluding steroid dienone is 1. The third kappa shape index (κ3) is 6.35. The van der Waals surface area contributed by atoms with Gasteiger partial charge in [0.25, 0.3) is 0 Å². The van der Waals surface area contributed by atoms with E-state index in [-0.39, 0.29) is 13.2 Å². The number of hydroxylamine groups is 2. The van der Waals surface area contributed by atoms with Crippen LogP contribution in [0.5, 0.6) is 0 Å². The van der Waals surface area contributed by atoms with Crippen molar-refractivity contribution in [1.82, 2.24) is 5.06 Å². The first-order valence-electron chi connectivity index (χ1n) is 6.88. The minimum atomic E-state index is -4.41. The summed E-state index contributed by atoms with van der Waals surface area (Å²) in [6.45, 7) is 7.50. The van der Waals surface area contributed by atoms with Crippen LogP contribution < -0.4 is 0 Å². The Labute approximate surface area is 125 Å². The average molecular weight is 317 g/mol. The van der Waals surface area contributed by atoms with Crippen LogP contribution in [-0.4, -0.2) is 25.9 Å². The Bertz CT molecular complexity index is 466. The second-order valence-corrected chi connectivity index (χ2v) is 10.9. The van der Waals surface area contributed by atoms with Crippen molar-refractivity contribution >= 4 is 8.07 Å². The summed E-state index contributed by atoms with van der Waals surface area (Å²) in [5.74, 6) is 0. The maximum Gasteiger partial charge on any atom is 0.432 e. The topological polar surface area (TPSA) is 12.5 Å². The molecule has 0 fully saturated rings. The van der Waals surface area contributed by atoms with Crippen molar-refractivity contribution in [3.8, 4) is 0 Å². The molecule has 0 aromatic heterocycles. The second-order valence-electron chi connectivity index (χ2n) is 5.85. The number of hydrogen-bond donors (Lipinski definition) is 0. The molecule has 1 rings (SSSR count). The van der Waals surface area contributed by atoms with Crippen molar-refractivity contribution in [3.05, 3.63) is 47.3 Å². The van der Waals surface area contributed by atoms with Crippen LogP contribution in [0.4, 0.5) is 13.2 Å². The number of hydrogen-bond acceptors (Lipinski definition) is 2. The van der Waals surface area contributed by atoms with E-state index in [1.165, 1.54) is 5.70 Å². The molecular weight excluding hydrogens is 295 g/mol. The molecule has 0 saturated carbocycles. The van der Waals surface area contributed by atoms with E-state index in [0.29, 0.717) is 0 Å². The summed E-state index contributed by atoms with van der Waals surface area (Å²) in [4.78, 5) is 5.38. The average Bonchev–Trinajstić information content (AvgIpc) is 2.37. The first kappa shape index (κ1) is 17.8. The Morgan fingerprint density at radius 3 is 2.19 bits per heavy atom. The van der Waals surface area contributed by atoms with Crippen molar-refractivity contribution < 1.29 is 18.0 Å². The molecule has 0 aliphatic carbocycles. The van der Waals surface area contributed by atoms with Crippen LogP contribution in [0.2, 0.25) is 19.6 Å². The van der Waals surface area contributed by atoms with E-state index in [2.05, 4.69) is 0 Å². The van der Waals surface area contributed by atoms with Crippen molar-refractivity contribution in [2.45, 2.75) is 39.3 Å². The van der Waals surface area contributed by atoms with E-state index in [1.54, 1.807) is 6.92 Å². The maximum absolute atomic E-state index is 13.2. The highest BCUT2D eigenvalue weighted by atomic mass is 28.3. The zero-order chi connectivity index (χ0) is 16.1. The Kier molecular flexibility index (Phi) is 6.04. The second kappa shape index (κ2) is 7.13. The zero-order valence-electron chi connectivity index (χ0n) is 12.9. The zero-order valence-corrected chi connectivity index (χ0v) is 13.9. The lowest BCUT2D eigenvalue weighted by molar-refractivity contribution is -0.199. The summed E-state index contributed by atoms with van der Waals surface area (Å²) in [7, 11) is -2.02. The van der Waals surface area contributed by atoms with Crippen LogP contribution in [0.15, 0.2) is 41.7 Å². The van der Waals surface area contributed by atoms with Crippen LogP contribution >= 0.6 is 0 Å². The molecule has 1 aromatic carbocycles. The monoisotopic (exact) mass is 317 g/mol. The van der Waals surface area contributed by atoms with Gasteiger partial charge in [0.2, 0.25) is 0 Å². The largest absolute Gasteiger partial charge is 0.432 e. The van der Waals surface area contributed by atoms with E-state index in [4.69, 9.17) is 4.84 Å². The molecule has 118 valence electrons. The third-order valence-corrected chi connectivity index (χ3v) is 3.79. The predicted octanol–water partition coefficient (Wildman–Crippen LogP) is 4.76. The molecule has 1 aromatic rings. The molecule has 0 bridgehead atoms. The standard InChI is InChI=1S/C15H22F3NOSi/c1-5-19(20-11-13-9-7-6-8-10-13)14(15(16,17)18)12-21(2,3)4/h6-10,12H,5,11H2,1-4H3/b14-12+. The summed E-state index contributed by atoms with van der Waals surface area (Å²) in [6.07, 6.45) is -4.41. The lowest BCUT2D eigenvalue weighted by atomic mass is 10.2. The van der Waals surface area contributed by atoms with Crippen molar-refractivity contribution in [1.29, 1.82) is 0 Å². The molecule has 0 unspecified atom stereocenters. The van der Waals surface area contributed by atoms with E-state index in [0.717, 1.165) is 10.6 Å². The maximum atomic E-state index is 13.2.